The van der Waals surface area contributed by atoms with Gasteiger partial charge in [0.05, 0.1) is 40.2 Å². The third-order valence-corrected chi connectivity index (χ3v) is 9.53. The lowest BCUT2D eigenvalue weighted by atomic mass is 9.81. The maximum absolute atomic E-state index is 13.2. The minimum absolute atomic E-state index is 0.0540. The van der Waals surface area contributed by atoms with Crippen LogP contribution in [0.1, 0.15) is 24.2 Å². The largest absolute Gasteiger partial charge is 0.457 e. The van der Waals surface area contributed by atoms with E-state index in [0.29, 0.717) is 30.5 Å². The van der Waals surface area contributed by atoms with Gasteiger partial charge in [-0.1, -0.05) is 19.6 Å². The van der Waals surface area contributed by atoms with Crippen LogP contribution in [-0.4, -0.2) is 49.9 Å². The molecule has 8 nitrogen and oxygen atoms in total. The van der Waals surface area contributed by atoms with Gasteiger partial charge in [0, 0.05) is 57.5 Å². The Morgan fingerprint density at radius 2 is 1.81 bits per heavy atom. The van der Waals surface area contributed by atoms with Gasteiger partial charge in [0.1, 0.15) is 24.1 Å². The predicted molar refractivity (Wildman–Crippen MR) is 162 cm³/mol. The number of aromatic nitrogens is 6. The van der Waals surface area contributed by atoms with Crippen LogP contribution in [0.4, 0.5) is 8.78 Å². The summed E-state index contributed by atoms with van der Waals surface area (Å²) in [6.07, 6.45) is 5.10. The lowest BCUT2D eigenvalue weighted by Gasteiger charge is -2.34. The minimum atomic E-state index is -2.53. The van der Waals surface area contributed by atoms with E-state index in [9.17, 15) is 8.78 Å². The molecule has 0 unspecified atom stereocenters. The number of hydrogen-bond donors (Lipinski definition) is 0. The van der Waals surface area contributed by atoms with Gasteiger partial charge in [0.2, 0.25) is 5.92 Å². The minimum Gasteiger partial charge on any atom is -0.457 e. The molecule has 3 heterocycles. The van der Waals surface area contributed by atoms with E-state index < -0.39 is 14.0 Å². The summed E-state index contributed by atoms with van der Waals surface area (Å²) in [6.45, 7) is 12.7. The van der Waals surface area contributed by atoms with Crippen molar-refractivity contribution in [2.45, 2.75) is 71.6 Å². The van der Waals surface area contributed by atoms with Gasteiger partial charge in [-0.15, -0.1) is 0 Å². The summed E-state index contributed by atoms with van der Waals surface area (Å²) in [5, 5.41) is 4.37. The maximum Gasteiger partial charge on any atom is 0.248 e. The van der Waals surface area contributed by atoms with Crippen LogP contribution in [0.2, 0.25) is 25.7 Å². The van der Waals surface area contributed by atoms with Gasteiger partial charge in [-0.3, -0.25) is 9.67 Å². The van der Waals surface area contributed by atoms with Gasteiger partial charge in [-0.25, -0.2) is 18.7 Å². The van der Waals surface area contributed by atoms with Gasteiger partial charge in [-0.05, 0) is 50.1 Å². The molecular weight excluding hydrogens is 554 g/mol. The van der Waals surface area contributed by atoms with Crippen molar-refractivity contribution in [3.63, 3.8) is 0 Å². The molecule has 6 rings (SSSR count). The summed E-state index contributed by atoms with van der Waals surface area (Å²) in [5.41, 5.74) is 5.67. The number of rotatable bonds is 10. The van der Waals surface area contributed by atoms with Crippen LogP contribution in [0.5, 0.6) is 11.5 Å². The van der Waals surface area contributed by atoms with E-state index in [1.54, 1.807) is 17.1 Å². The fourth-order valence-corrected chi connectivity index (χ4v) is 6.08. The number of alkyl halides is 2. The Morgan fingerprint density at radius 3 is 2.57 bits per heavy atom. The second-order valence-corrected chi connectivity index (χ2v) is 18.2. The Hall–Kier alpha value is -3.70. The Morgan fingerprint density at radius 1 is 1.02 bits per heavy atom. The maximum atomic E-state index is 13.2. The highest BCUT2D eigenvalue weighted by Crippen LogP contribution is 2.43. The monoisotopic (exact) mass is 590 g/mol. The van der Waals surface area contributed by atoms with Crippen molar-refractivity contribution in [3.8, 4) is 22.8 Å². The van der Waals surface area contributed by atoms with E-state index in [-0.39, 0.29) is 18.8 Å². The van der Waals surface area contributed by atoms with E-state index in [1.807, 2.05) is 50.4 Å². The fourth-order valence-electron chi connectivity index (χ4n) is 5.33. The summed E-state index contributed by atoms with van der Waals surface area (Å²) in [6, 6.07) is 10.8. The molecule has 1 fully saturated rings. The van der Waals surface area contributed by atoms with Gasteiger partial charge in [0.25, 0.3) is 0 Å². The molecule has 0 atom stereocenters. The summed E-state index contributed by atoms with van der Waals surface area (Å²) < 4.78 is 42.6. The number of benzene rings is 2. The third-order valence-electron chi connectivity index (χ3n) is 7.82. The Kier molecular flexibility index (Phi) is 7.34. The molecular formula is C31H36F2N6O2Si. The lowest BCUT2D eigenvalue weighted by molar-refractivity contribution is -0.114. The molecule has 1 saturated carbocycles. The van der Waals surface area contributed by atoms with Gasteiger partial charge >= 0.3 is 0 Å². The standard InChI is InChI=1S/C31H36F2N6O2Si/c1-20-29(41-24-6-7-25-28(12-24)39(21(2)36-25)19-40-10-11-42(3,4)5)9-8-26-30(20)37-27(16-34-26)23-15-35-38(18-23)17-22-13-31(32,33)14-22/h6-9,12,15-16,18,22H,10-11,13-14,17,19H2,1-5H3. The molecule has 5 aromatic rings. The van der Waals surface area contributed by atoms with Crippen LogP contribution in [0.15, 0.2) is 48.9 Å². The topological polar surface area (TPSA) is 79.9 Å². The molecule has 0 bridgehead atoms. The average molecular weight is 591 g/mol. The van der Waals surface area contributed by atoms with Crippen LogP contribution in [0.25, 0.3) is 33.3 Å². The second-order valence-electron chi connectivity index (χ2n) is 12.6. The van der Waals surface area contributed by atoms with Crippen molar-refractivity contribution in [1.29, 1.82) is 0 Å². The molecule has 42 heavy (non-hydrogen) atoms. The molecule has 220 valence electrons. The summed E-state index contributed by atoms with van der Waals surface area (Å²) in [4.78, 5) is 14.2. The number of hydrogen-bond acceptors (Lipinski definition) is 6. The summed E-state index contributed by atoms with van der Waals surface area (Å²) in [5.74, 6) is -0.311. The first kappa shape index (κ1) is 28.4. The number of fused-ring (bicyclic) bond motifs is 2. The SMILES string of the molecule is Cc1c(Oc2ccc3nc(C)n(COCC[Si](C)(C)C)c3c2)ccc2ncc(-c3cnn(CC4CC(F)(F)C4)c3)nc12. The number of aryl methyl sites for hydroxylation is 2. The summed E-state index contributed by atoms with van der Waals surface area (Å²) in [7, 11) is -1.16. The molecule has 1 aliphatic rings. The molecule has 0 radical (unpaired) electrons. The molecule has 11 heteroatoms. The van der Waals surface area contributed by atoms with Crippen molar-refractivity contribution in [2.75, 3.05) is 6.61 Å². The number of ether oxygens (including phenoxy) is 2. The molecule has 2 aromatic carbocycles. The van der Waals surface area contributed by atoms with Crippen molar-refractivity contribution in [1.82, 2.24) is 29.3 Å². The predicted octanol–water partition coefficient (Wildman–Crippen LogP) is 7.61. The lowest BCUT2D eigenvalue weighted by Crippen LogP contribution is -2.37. The first-order valence-corrected chi connectivity index (χ1v) is 18.0. The van der Waals surface area contributed by atoms with Crippen molar-refractivity contribution in [2.24, 2.45) is 5.92 Å². The summed E-state index contributed by atoms with van der Waals surface area (Å²) >= 11 is 0. The molecule has 0 amide bonds. The Bertz CT molecular complexity index is 1750. The molecule has 3 aromatic heterocycles. The Balaban J connectivity index is 1.21. The molecule has 1 aliphatic carbocycles. The van der Waals surface area contributed by atoms with E-state index in [4.69, 9.17) is 19.4 Å². The number of imidazole rings is 1. The highest BCUT2D eigenvalue weighted by atomic mass is 28.3. The average Bonchev–Trinajstić information content (AvgIpc) is 3.50. The highest BCUT2D eigenvalue weighted by molar-refractivity contribution is 6.76. The van der Waals surface area contributed by atoms with Crippen molar-refractivity contribution < 1.29 is 18.3 Å². The van der Waals surface area contributed by atoms with Gasteiger partial charge < -0.3 is 14.0 Å². The first-order valence-electron chi connectivity index (χ1n) is 14.3. The molecule has 0 saturated heterocycles. The van der Waals surface area contributed by atoms with Crippen molar-refractivity contribution >= 4 is 30.1 Å². The number of nitrogens with zero attached hydrogens (tertiary/aromatic N) is 6. The zero-order valence-corrected chi connectivity index (χ0v) is 25.7. The fraction of sp³-hybridized carbons (Fsp3) is 0.419. The van der Waals surface area contributed by atoms with E-state index in [2.05, 4.69) is 34.3 Å². The first-order chi connectivity index (χ1) is 19.9. The van der Waals surface area contributed by atoms with E-state index in [0.717, 1.165) is 51.7 Å². The van der Waals surface area contributed by atoms with Crippen LogP contribution in [0.3, 0.4) is 0 Å². The number of halogens is 2. The normalized spacial score (nSPS) is 15.4. The second kappa shape index (κ2) is 10.8. The van der Waals surface area contributed by atoms with Crippen LogP contribution in [-0.2, 0) is 18.0 Å². The smallest absolute Gasteiger partial charge is 0.248 e. The third kappa shape index (κ3) is 6.07. The molecule has 0 aliphatic heterocycles. The zero-order chi connectivity index (χ0) is 29.6. The van der Waals surface area contributed by atoms with Crippen LogP contribution >= 0.6 is 0 Å². The van der Waals surface area contributed by atoms with E-state index in [1.165, 1.54) is 0 Å². The van der Waals surface area contributed by atoms with Crippen LogP contribution in [0, 0.1) is 19.8 Å². The molecule has 0 spiro atoms. The van der Waals surface area contributed by atoms with Crippen LogP contribution < -0.4 is 4.74 Å². The van der Waals surface area contributed by atoms with E-state index >= 15 is 0 Å². The van der Waals surface area contributed by atoms with Crippen molar-refractivity contribution in [3.05, 3.63) is 60.3 Å². The highest BCUT2D eigenvalue weighted by Gasteiger charge is 2.45. The Labute approximate surface area is 244 Å². The van der Waals surface area contributed by atoms with Gasteiger partial charge in [0.15, 0.2) is 0 Å². The zero-order valence-electron chi connectivity index (χ0n) is 24.7. The quantitative estimate of drug-likeness (QED) is 0.123. The molecule has 0 N–H and O–H groups in total. The van der Waals surface area contributed by atoms with Gasteiger partial charge in [-0.2, -0.15) is 5.10 Å².